The molecule has 0 bridgehead atoms. The molecule has 0 saturated heterocycles. The van der Waals surface area contributed by atoms with Crippen LogP contribution in [0.25, 0.3) is 0 Å². The molecule has 2 aromatic carbocycles. The number of ether oxygens (including phenoxy) is 2. The molecular formula is C15H18ClNO3. The molecule has 2 N–H and O–H groups in total. The van der Waals surface area contributed by atoms with E-state index < -0.39 is 0 Å². The number of benzene rings is 2. The van der Waals surface area contributed by atoms with Gasteiger partial charge >= 0.3 is 0 Å². The second kappa shape index (κ2) is 8.43. The van der Waals surface area contributed by atoms with Crippen LogP contribution in [0, 0.1) is 0 Å². The fraction of sp³-hybridized carbons (Fsp3) is 0.200. The first-order valence-corrected chi connectivity index (χ1v) is 5.99. The summed E-state index contributed by atoms with van der Waals surface area (Å²) in [6, 6.07) is 15.6. The minimum atomic E-state index is 0. The highest BCUT2D eigenvalue weighted by atomic mass is 35.5. The molecule has 0 amide bonds. The second-order valence-electron chi connectivity index (χ2n) is 4.07. The van der Waals surface area contributed by atoms with Crippen molar-refractivity contribution >= 4 is 12.4 Å². The van der Waals surface area contributed by atoms with E-state index in [2.05, 4.69) is 4.84 Å². The zero-order chi connectivity index (χ0) is 13.5. The van der Waals surface area contributed by atoms with Gasteiger partial charge in [-0.3, -0.25) is 4.84 Å². The summed E-state index contributed by atoms with van der Waals surface area (Å²) in [5.74, 6) is 6.43. The lowest BCUT2D eigenvalue weighted by molar-refractivity contribution is 0.124. The van der Waals surface area contributed by atoms with Gasteiger partial charge in [0.25, 0.3) is 0 Å². The van der Waals surface area contributed by atoms with Crippen molar-refractivity contribution in [3.63, 3.8) is 0 Å². The number of hydrogen-bond donors (Lipinski definition) is 1. The van der Waals surface area contributed by atoms with Crippen LogP contribution in [-0.4, -0.2) is 7.11 Å². The lowest BCUT2D eigenvalue weighted by atomic mass is 10.2. The van der Waals surface area contributed by atoms with Crippen molar-refractivity contribution < 1.29 is 14.3 Å². The van der Waals surface area contributed by atoms with E-state index in [1.165, 1.54) is 0 Å². The summed E-state index contributed by atoms with van der Waals surface area (Å²) in [5.41, 5.74) is 2.05. The zero-order valence-electron chi connectivity index (χ0n) is 11.2. The summed E-state index contributed by atoms with van der Waals surface area (Å²) in [4.78, 5) is 4.60. The SMILES string of the molecule is COc1cc(CON)ccc1OCc1ccccc1.Cl. The van der Waals surface area contributed by atoms with Crippen molar-refractivity contribution in [1.29, 1.82) is 0 Å². The molecule has 0 unspecified atom stereocenters. The third-order valence-electron chi connectivity index (χ3n) is 2.72. The van der Waals surface area contributed by atoms with Gasteiger partial charge in [0, 0.05) is 0 Å². The molecule has 0 saturated carbocycles. The second-order valence-corrected chi connectivity index (χ2v) is 4.07. The van der Waals surface area contributed by atoms with Crippen molar-refractivity contribution in [2.75, 3.05) is 7.11 Å². The number of hydrogen-bond acceptors (Lipinski definition) is 4. The Morgan fingerprint density at radius 3 is 2.30 bits per heavy atom. The summed E-state index contributed by atoms with van der Waals surface area (Å²) in [7, 11) is 1.61. The van der Waals surface area contributed by atoms with E-state index in [0.717, 1.165) is 11.1 Å². The summed E-state index contributed by atoms with van der Waals surface area (Å²) in [5, 5.41) is 0. The topological polar surface area (TPSA) is 53.7 Å². The summed E-state index contributed by atoms with van der Waals surface area (Å²) >= 11 is 0. The molecule has 4 nitrogen and oxygen atoms in total. The Bertz CT molecular complexity index is 520. The van der Waals surface area contributed by atoms with Crippen LogP contribution in [0.15, 0.2) is 48.5 Å². The first-order chi connectivity index (χ1) is 9.33. The Balaban J connectivity index is 0.00000200. The maximum Gasteiger partial charge on any atom is 0.161 e. The molecule has 0 aliphatic carbocycles. The van der Waals surface area contributed by atoms with Gasteiger partial charge in [-0.25, -0.2) is 5.90 Å². The molecular weight excluding hydrogens is 278 g/mol. The van der Waals surface area contributed by atoms with E-state index in [9.17, 15) is 0 Å². The minimum absolute atomic E-state index is 0. The lowest BCUT2D eigenvalue weighted by Gasteiger charge is -2.12. The predicted octanol–water partition coefficient (Wildman–Crippen LogP) is 3.09. The molecule has 2 rings (SSSR count). The Hall–Kier alpha value is -1.75. The molecule has 0 fully saturated rings. The van der Waals surface area contributed by atoms with Crippen LogP contribution in [0.5, 0.6) is 11.5 Å². The van der Waals surface area contributed by atoms with Crippen molar-refractivity contribution in [1.82, 2.24) is 0 Å². The molecule has 20 heavy (non-hydrogen) atoms. The van der Waals surface area contributed by atoms with E-state index in [4.69, 9.17) is 15.4 Å². The van der Waals surface area contributed by atoms with E-state index in [0.29, 0.717) is 24.7 Å². The third kappa shape index (κ3) is 4.42. The summed E-state index contributed by atoms with van der Waals surface area (Å²) in [6.07, 6.45) is 0. The van der Waals surface area contributed by atoms with Gasteiger partial charge in [-0.05, 0) is 23.3 Å². The van der Waals surface area contributed by atoms with Gasteiger partial charge in [0.05, 0.1) is 13.7 Å². The van der Waals surface area contributed by atoms with Crippen molar-refractivity contribution in [2.24, 2.45) is 5.90 Å². The maximum atomic E-state index is 5.75. The standard InChI is InChI=1S/C15H17NO3.ClH/c1-17-15-9-13(11-19-16)7-8-14(15)18-10-12-5-3-2-4-6-12;/h2-9H,10-11,16H2,1H3;1H. The van der Waals surface area contributed by atoms with Crippen molar-refractivity contribution in [3.05, 3.63) is 59.7 Å². The largest absolute Gasteiger partial charge is 0.493 e. The molecule has 0 aliphatic heterocycles. The molecule has 0 spiro atoms. The summed E-state index contributed by atoms with van der Waals surface area (Å²) < 4.78 is 11.0. The van der Waals surface area contributed by atoms with Gasteiger partial charge in [-0.1, -0.05) is 36.4 Å². The molecule has 0 aromatic heterocycles. The fourth-order valence-corrected chi connectivity index (χ4v) is 1.75. The fourth-order valence-electron chi connectivity index (χ4n) is 1.75. The van der Waals surface area contributed by atoms with Gasteiger partial charge in [0.15, 0.2) is 11.5 Å². The van der Waals surface area contributed by atoms with Crippen molar-refractivity contribution in [2.45, 2.75) is 13.2 Å². The third-order valence-corrected chi connectivity index (χ3v) is 2.72. The molecule has 2 aromatic rings. The van der Waals surface area contributed by atoms with E-state index >= 15 is 0 Å². The Kier molecular flexibility index (Phi) is 6.87. The first kappa shape index (κ1) is 16.3. The molecule has 0 atom stereocenters. The maximum absolute atomic E-state index is 5.75. The van der Waals surface area contributed by atoms with Crippen LogP contribution in [0.3, 0.4) is 0 Å². The number of methoxy groups -OCH3 is 1. The Labute approximate surface area is 124 Å². The minimum Gasteiger partial charge on any atom is -0.493 e. The lowest BCUT2D eigenvalue weighted by Crippen LogP contribution is -2.01. The van der Waals surface area contributed by atoms with E-state index in [1.807, 2.05) is 48.5 Å². The normalized spacial score (nSPS) is 9.70. The molecule has 0 heterocycles. The number of rotatable bonds is 6. The smallest absolute Gasteiger partial charge is 0.161 e. The van der Waals surface area contributed by atoms with E-state index in [-0.39, 0.29) is 12.4 Å². The molecule has 0 aliphatic rings. The van der Waals surface area contributed by atoms with Crippen LogP contribution in [0.1, 0.15) is 11.1 Å². The number of halogens is 1. The highest BCUT2D eigenvalue weighted by Crippen LogP contribution is 2.28. The average molecular weight is 296 g/mol. The monoisotopic (exact) mass is 295 g/mol. The molecule has 108 valence electrons. The van der Waals surface area contributed by atoms with E-state index in [1.54, 1.807) is 7.11 Å². The Morgan fingerprint density at radius 2 is 1.65 bits per heavy atom. The Morgan fingerprint density at radius 1 is 0.900 bits per heavy atom. The van der Waals surface area contributed by atoms with Crippen LogP contribution < -0.4 is 15.4 Å². The van der Waals surface area contributed by atoms with Crippen LogP contribution in [0.2, 0.25) is 0 Å². The predicted molar refractivity (Wildman–Crippen MR) is 80.0 cm³/mol. The number of nitrogens with two attached hydrogens (primary N) is 1. The van der Waals surface area contributed by atoms with Gasteiger partial charge in [0.2, 0.25) is 0 Å². The highest BCUT2D eigenvalue weighted by molar-refractivity contribution is 5.85. The highest BCUT2D eigenvalue weighted by Gasteiger charge is 2.06. The van der Waals surface area contributed by atoms with Crippen molar-refractivity contribution in [3.8, 4) is 11.5 Å². The van der Waals surface area contributed by atoms with Crippen LogP contribution in [0.4, 0.5) is 0 Å². The molecule has 0 radical (unpaired) electrons. The van der Waals surface area contributed by atoms with Gasteiger partial charge in [-0.15, -0.1) is 12.4 Å². The van der Waals surface area contributed by atoms with Gasteiger partial charge in [-0.2, -0.15) is 0 Å². The average Bonchev–Trinajstić information content (AvgIpc) is 2.47. The quantitative estimate of drug-likeness (QED) is 0.832. The summed E-state index contributed by atoms with van der Waals surface area (Å²) in [6.45, 7) is 0.846. The first-order valence-electron chi connectivity index (χ1n) is 5.99. The van der Waals surface area contributed by atoms with Gasteiger partial charge in [0.1, 0.15) is 6.61 Å². The zero-order valence-corrected chi connectivity index (χ0v) is 12.1. The van der Waals surface area contributed by atoms with Gasteiger partial charge < -0.3 is 9.47 Å². The van der Waals surface area contributed by atoms with Crippen LogP contribution in [-0.2, 0) is 18.1 Å². The molecule has 5 heteroatoms. The van der Waals surface area contributed by atoms with Crippen LogP contribution >= 0.6 is 12.4 Å².